The molecule has 6 heteroatoms. The number of hydrogen-bond acceptors (Lipinski definition) is 6. The number of carbonyl (C=O) groups is 3. The maximum absolute atomic E-state index is 12.8. The lowest BCUT2D eigenvalue weighted by atomic mass is 10.0. The maximum atomic E-state index is 12.8. The molecular weight excluding hydrogens is 841 g/mol. The topological polar surface area (TPSA) is 78.9 Å². The average molecular weight is 950 g/mol. The van der Waals surface area contributed by atoms with Gasteiger partial charge >= 0.3 is 17.9 Å². The van der Waals surface area contributed by atoms with Gasteiger partial charge in [-0.25, -0.2) is 0 Å². The van der Waals surface area contributed by atoms with E-state index < -0.39 is 6.10 Å². The van der Waals surface area contributed by atoms with Crippen molar-refractivity contribution >= 4 is 17.9 Å². The van der Waals surface area contributed by atoms with Crippen LogP contribution in [0.25, 0.3) is 0 Å². The highest BCUT2D eigenvalue weighted by Gasteiger charge is 2.19. The summed E-state index contributed by atoms with van der Waals surface area (Å²) in [4.78, 5) is 38.1. The number of rotatable bonds is 52. The molecule has 0 radical (unpaired) electrons. The van der Waals surface area contributed by atoms with E-state index in [1.807, 2.05) is 0 Å². The maximum Gasteiger partial charge on any atom is 0.306 e. The fourth-order valence-electron chi connectivity index (χ4n) is 8.11. The molecule has 0 rings (SSSR count). The van der Waals surface area contributed by atoms with Crippen molar-refractivity contribution in [2.24, 2.45) is 0 Å². The molecule has 0 N–H and O–H groups in total. The summed E-state index contributed by atoms with van der Waals surface area (Å²) >= 11 is 0. The molecule has 0 spiro atoms. The molecule has 0 bridgehead atoms. The first-order chi connectivity index (χ1) is 33.5. The minimum atomic E-state index is -0.788. The van der Waals surface area contributed by atoms with Gasteiger partial charge in [-0.05, 0) is 89.9 Å². The Morgan fingerprint density at radius 3 is 0.926 bits per heavy atom. The van der Waals surface area contributed by atoms with E-state index in [-0.39, 0.29) is 31.1 Å². The quantitative estimate of drug-likeness (QED) is 0.0262. The summed E-state index contributed by atoms with van der Waals surface area (Å²) < 4.78 is 16.8. The summed E-state index contributed by atoms with van der Waals surface area (Å²) in [6.07, 6.45) is 71.8. The molecule has 0 aromatic heterocycles. The Balaban J connectivity index is 4.38. The van der Waals surface area contributed by atoms with E-state index >= 15 is 0 Å². The first kappa shape index (κ1) is 64.8. The molecule has 392 valence electrons. The fourth-order valence-corrected chi connectivity index (χ4v) is 8.11. The largest absolute Gasteiger partial charge is 0.462 e. The molecule has 0 amide bonds. The molecule has 0 aromatic rings. The van der Waals surface area contributed by atoms with Gasteiger partial charge in [-0.15, -0.1) is 0 Å². The summed E-state index contributed by atoms with van der Waals surface area (Å²) in [5.41, 5.74) is 0. The van der Waals surface area contributed by atoms with Gasteiger partial charge in [-0.2, -0.15) is 0 Å². The highest BCUT2D eigenvalue weighted by atomic mass is 16.6. The molecule has 68 heavy (non-hydrogen) atoms. The summed E-state index contributed by atoms with van der Waals surface area (Å²) in [5.74, 6) is -0.911. The minimum Gasteiger partial charge on any atom is -0.462 e. The molecule has 0 aromatic carbocycles. The van der Waals surface area contributed by atoms with Crippen LogP contribution in [-0.4, -0.2) is 37.2 Å². The second-order valence-corrected chi connectivity index (χ2v) is 19.2. The molecule has 6 nitrogen and oxygen atoms in total. The van der Waals surface area contributed by atoms with Gasteiger partial charge < -0.3 is 14.2 Å². The van der Waals surface area contributed by atoms with Gasteiger partial charge in [0.05, 0.1) is 0 Å². The number of ether oxygens (including phenoxy) is 3. The normalized spacial score (nSPS) is 12.6. The van der Waals surface area contributed by atoms with E-state index in [1.54, 1.807) is 0 Å². The smallest absolute Gasteiger partial charge is 0.306 e. The summed E-state index contributed by atoms with van der Waals surface area (Å²) in [7, 11) is 0. The van der Waals surface area contributed by atoms with E-state index in [9.17, 15) is 14.4 Å². The lowest BCUT2D eigenvalue weighted by Gasteiger charge is -2.18. The third kappa shape index (κ3) is 53.8. The van der Waals surface area contributed by atoms with Crippen molar-refractivity contribution < 1.29 is 28.6 Å². The Kier molecular flexibility index (Phi) is 53.8. The van der Waals surface area contributed by atoms with Crippen molar-refractivity contribution in [3.05, 3.63) is 72.9 Å². The second-order valence-electron chi connectivity index (χ2n) is 19.2. The highest BCUT2D eigenvalue weighted by Crippen LogP contribution is 2.16. The van der Waals surface area contributed by atoms with Crippen LogP contribution in [0.1, 0.15) is 284 Å². The summed E-state index contributed by atoms with van der Waals surface area (Å²) in [5, 5.41) is 0. The van der Waals surface area contributed by atoms with Crippen LogP contribution in [0.4, 0.5) is 0 Å². The predicted octanol–water partition coefficient (Wildman–Crippen LogP) is 19.4. The van der Waals surface area contributed by atoms with E-state index in [4.69, 9.17) is 14.2 Å². The number of unbranched alkanes of at least 4 members (excludes halogenated alkanes) is 29. The van der Waals surface area contributed by atoms with Crippen molar-refractivity contribution in [3.8, 4) is 0 Å². The van der Waals surface area contributed by atoms with Crippen molar-refractivity contribution in [1.29, 1.82) is 0 Å². The Morgan fingerprint density at radius 1 is 0.309 bits per heavy atom. The highest BCUT2D eigenvalue weighted by molar-refractivity contribution is 5.71. The molecule has 0 saturated carbocycles. The van der Waals surface area contributed by atoms with E-state index in [2.05, 4.69) is 93.7 Å². The molecule has 1 atom stereocenters. The van der Waals surface area contributed by atoms with Crippen LogP contribution in [0, 0.1) is 0 Å². The SMILES string of the molecule is CC/C=C\C/C=C\C/C=C\C/C=C\C/C=C\CCCCCC(=O)OC[C@H](COC(=O)CCCCCCCCCCC/C=C\CCCCCCCC)OC(=O)CCCCCCCCCCCCCC. The standard InChI is InChI=1S/C62H108O6/c1-4-7-10-13-16-19-22-25-27-29-31-33-35-37-40-42-45-48-51-54-60(63)66-57-59(68-62(65)56-53-50-47-44-39-24-21-18-15-12-9-6-3)58-67-61(64)55-52-49-46-43-41-38-36-34-32-30-28-26-23-20-17-14-11-8-5-2/h7,10,16,19,25-28,31,33,37,40,59H,4-6,8-9,11-15,17-18,20-24,29-30,32,34-36,38-39,41-58H2,1-3H3/b10-7-,19-16-,27-25-,28-26-,33-31-,40-37-/t59-/m1/s1. The van der Waals surface area contributed by atoms with Gasteiger partial charge in [-0.1, -0.05) is 248 Å². The predicted molar refractivity (Wildman–Crippen MR) is 293 cm³/mol. The molecule has 0 fully saturated rings. The molecule has 0 saturated heterocycles. The van der Waals surface area contributed by atoms with E-state index in [1.165, 1.54) is 148 Å². The molecule has 0 unspecified atom stereocenters. The molecule has 0 heterocycles. The van der Waals surface area contributed by atoms with E-state index in [0.29, 0.717) is 19.3 Å². The van der Waals surface area contributed by atoms with Gasteiger partial charge in [-0.3, -0.25) is 14.4 Å². The second kappa shape index (κ2) is 56.4. The van der Waals surface area contributed by atoms with Crippen LogP contribution in [-0.2, 0) is 28.6 Å². The Labute approximate surface area is 421 Å². The Bertz CT molecular complexity index is 1270. The first-order valence-corrected chi connectivity index (χ1v) is 28.9. The Morgan fingerprint density at radius 2 is 0.574 bits per heavy atom. The average Bonchev–Trinajstić information content (AvgIpc) is 3.34. The number of allylic oxidation sites excluding steroid dienone is 12. The van der Waals surface area contributed by atoms with Crippen LogP contribution in [0.15, 0.2) is 72.9 Å². The minimum absolute atomic E-state index is 0.0849. The van der Waals surface area contributed by atoms with Gasteiger partial charge in [0.15, 0.2) is 6.10 Å². The number of carbonyl (C=O) groups excluding carboxylic acids is 3. The summed E-state index contributed by atoms with van der Waals surface area (Å²) in [6, 6.07) is 0. The van der Waals surface area contributed by atoms with Crippen molar-refractivity contribution in [2.45, 2.75) is 290 Å². The van der Waals surface area contributed by atoms with Crippen LogP contribution >= 0.6 is 0 Å². The molecule has 0 aliphatic heterocycles. The van der Waals surface area contributed by atoms with Gasteiger partial charge in [0.2, 0.25) is 0 Å². The van der Waals surface area contributed by atoms with Crippen LogP contribution < -0.4 is 0 Å². The van der Waals surface area contributed by atoms with E-state index in [0.717, 1.165) is 96.3 Å². The van der Waals surface area contributed by atoms with Gasteiger partial charge in [0.1, 0.15) is 13.2 Å². The third-order valence-electron chi connectivity index (χ3n) is 12.4. The van der Waals surface area contributed by atoms with Gasteiger partial charge in [0, 0.05) is 19.3 Å². The zero-order valence-electron chi connectivity index (χ0n) is 44.9. The van der Waals surface area contributed by atoms with Crippen molar-refractivity contribution in [1.82, 2.24) is 0 Å². The number of hydrogen-bond donors (Lipinski definition) is 0. The Hall–Kier alpha value is -3.15. The summed E-state index contributed by atoms with van der Waals surface area (Å²) in [6.45, 7) is 6.51. The third-order valence-corrected chi connectivity index (χ3v) is 12.4. The lowest BCUT2D eigenvalue weighted by Crippen LogP contribution is -2.30. The first-order valence-electron chi connectivity index (χ1n) is 28.9. The van der Waals surface area contributed by atoms with Crippen LogP contribution in [0.3, 0.4) is 0 Å². The zero-order chi connectivity index (χ0) is 49.3. The monoisotopic (exact) mass is 949 g/mol. The van der Waals surface area contributed by atoms with Crippen LogP contribution in [0.2, 0.25) is 0 Å². The lowest BCUT2D eigenvalue weighted by molar-refractivity contribution is -0.167. The van der Waals surface area contributed by atoms with Crippen molar-refractivity contribution in [2.75, 3.05) is 13.2 Å². The van der Waals surface area contributed by atoms with Gasteiger partial charge in [0.25, 0.3) is 0 Å². The number of esters is 3. The zero-order valence-corrected chi connectivity index (χ0v) is 44.9. The molecular formula is C62H108O6. The fraction of sp³-hybridized carbons (Fsp3) is 0.758. The van der Waals surface area contributed by atoms with Crippen LogP contribution in [0.5, 0.6) is 0 Å². The molecule has 0 aliphatic rings. The molecule has 0 aliphatic carbocycles. The van der Waals surface area contributed by atoms with Crippen molar-refractivity contribution in [3.63, 3.8) is 0 Å².